The van der Waals surface area contributed by atoms with Gasteiger partial charge in [-0.3, -0.25) is 4.98 Å². The summed E-state index contributed by atoms with van der Waals surface area (Å²) in [5.74, 6) is 0.0677. The van der Waals surface area contributed by atoms with Gasteiger partial charge in [0.05, 0.1) is 19.5 Å². The molecular weight excluding hydrogens is 266 g/mol. The minimum atomic E-state index is -0.485. The summed E-state index contributed by atoms with van der Waals surface area (Å²) in [6.45, 7) is 0. The van der Waals surface area contributed by atoms with Gasteiger partial charge >= 0.3 is 5.97 Å². The number of ether oxygens (including phenoxy) is 1. The van der Waals surface area contributed by atoms with Gasteiger partial charge in [0.15, 0.2) is 5.69 Å². The Labute approximate surface area is 123 Å². The zero-order chi connectivity index (χ0) is 14.7. The number of carbonyl (C=O) groups excluding carboxylic acids is 1. The van der Waals surface area contributed by atoms with Crippen LogP contribution < -0.4 is 5.32 Å². The third-order valence-corrected chi connectivity index (χ3v) is 3.69. The first kappa shape index (κ1) is 13.5. The maximum Gasteiger partial charge on any atom is 0.358 e. The first-order chi connectivity index (χ1) is 10.3. The van der Waals surface area contributed by atoms with E-state index in [1.54, 1.807) is 6.20 Å². The van der Waals surface area contributed by atoms with Crippen LogP contribution in [0.2, 0.25) is 0 Å². The van der Waals surface area contributed by atoms with Gasteiger partial charge in [-0.1, -0.05) is 12.1 Å². The molecule has 0 saturated carbocycles. The van der Waals surface area contributed by atoms with Gasteiger partial charge in [-0.25, -0.2) is 9.78 Å². The molecule has 2 aromatic rings. The third-order valence-electron chi connectivity index (χ3n) is 3.69. The van der Waals surface area contributed by atoms with Crippen molar-refractivity contribution in [3.63, 3.8) is 0 Å². The molecule has 21 heavy (non-hydrogen) atoms. The van der Waals surface area contributed by atoms with Gasteiger partial charge in [-0.05, 0) is 42.9 Å². The lowest BCUT2D eigenvalue weighted by molar-refractivity contribution is 0.0593. The Morgan fingerprint density at radius 3 is 2.95 bits per heavy atom. The number of aryl methyl sites for hydroxylation is 1. The summed E-state index contributed by atoms with van der Waals surface area (Å²) >= 11 is 0. The zero-order valence-electron chi connectivity index (χ0n) is 11.9. The third kappa shape index (κ3) is 2.86. The van der Waals surface area contributed by atoms with Gasteiger partial charge in [-0.2, -0.15) is 0 Å². The molecule has 5 nitrogen and oxygen atoms in total. The molecule has 1 N–H and O–H groups in total. The number of benzene rings is 1. The fourth-order valence-electron chi connectivity index (χ4n) is 2.67. The normalized spacial score (nSPS) is 13.4. The average molecular weight is 283 g/mol. The van der Waals surface area contributed by atoms with Gasteiger partial charge in [0.2, 0.25) is 0 Å². The van der Waals surface area contributed by atoms with Crippen molar-refractivity contribution in [3.05, 3.63) is 47.4 Å². The largest absolute Gasteiger partial charge is 0.464 e. The van der Waals surface area contributed by atoms with Crippen LogP contribution in [0.1, 0.15) is 34.5 Å². The van der Waals surface area contributed by atoms with Crippen LogP contribution in [-0.4, -0.2) is 23.0 Å². The molecule has 0 unspecified atom stereocenters. The van der Waals surface area contributed by atoms with Crippen molar-refractivity contribution in [1.29, 1.82) is 0 Å². The lowest BCUT2D eigenvalue weighted by Crippen LogP contribution is -2.09. The van der Waals surface area contributed by atoms with E-state index in [1.807, 2.05) is 12.1 Å². The minimum absolute atomic E-state index is 0.201. The quantitative estimate of drug-likeness (QED) is 0.877. The summed E-state index contributed by atoms with van der Waals surface area (Å²) in [4.78, 5) is 19.8. The molecule has 1 heterocycles. The smallest absolute Gasteiger partial charge is 0.358 e. The molecule has 1 aliphatic carbocycles. The molecule has 0 aliphatic heterocycles. The van der Waals surface area contributed by atoms with Crippen LogP contribution in [0.25, 0.3) is 0 Å². The Morgan fingerprint density at radius 1 is 1.24 bits per heavy atom. The zero-order valence-corrected chi connectivity index (χ0v) is 11.9. The van der Waals surface area contributed by atoms with Crippen molar-refractivity contribution >= 4 is 17.5 Å². The van der Waals surface area contributed by atoms with E-state index in [9.17, 15) is 4.79 Å². The molecule has 0 saturated heterocycles. The molecule has 108 valence electrons. The number of hydrogen-bond acceptors (Lipinski definition) is 5. The molecule has 0 atom stereocenters. The number of nitrogens with one attached hydrogen (secondary N) is 1. The van der Waals surface area contributed by atoms with Crippen LogP contribution in [0.4, 0.5) is 11.5 Å². The van der Waals surface area contributed by atoms with Crippen LogP contribution in [-0.2, 0) is 17.6 Å². The molecule has 5 heteroatoms. The number of methoxy groups -OCH3 is 1. The molecule has 0 fully saturated rings. The molecule has 1 aliphatic rings. The van der Waals surface area contributed by atoms with E-state index in [2.05, 4.69) is 26.1 Å². The van der Waals surface area contributed by atoms with Gasteiger partial charge in [-0.15, -0.1) is 0 Å². The van der Waals surface area contributed by atoms with E-state index in [4.69, 9.17) is 0 Å². The monoisotopic (exact) mass is 283 g/mol. The van der Waals surface area contributed by atoms with Crippen molar-refractivity contribution in [2.75, 3.05) is 12.4 Å². The number of fused-ring (bicyclic) bond motifs is 1. The van der Waals surface area contributed by atoms with Crippen LogP contribution in [0.15, 0.2) is 30.6 Å². The Kier molecular flexibility index (Phi) is 3.81. The number of esters is 1. The Hall–Kier alpha value is -2.43. The highest BCUT2D eigenvalue weighted by molar-refractivity contribution is 5.87. The van der Waals surface area contributed by atoms with E-state index in [1.165, 1.54) is 37.3 Å². The van der Waals surface area contributed by atoms with Gasteiger partial charge in [0.25, 0.3) is 0 Å². The Bertz CT molecular complexity index is 670. The van der Waals surface area contributed by atoms with Gasteiger partial charge in [0, 0.05) is 5.69 Å². The Morgan fingerprint density at radius 2 is 2.10 bits per heavy atom. The summed E-state index contributed by atoms with van der Waals surface area (Å²) in [5.41, 5.74) is 3.98. The van der Waals surface area contributed by atoms with Crippen molar-refractivity contribution in [2.45, 2.75) is 25.7 Å². The topological polar surface area (TPSA) is 64.1 Å². The van der Waals surface area contributed by atoms with Gasteiger partial charge < -0.3 is 10.1 Å². The molecular formula is C16H17N3O2. The second kappa shape index (κ2) is 5.91. The number of hydrogen-bond donors (Lipinski definition) is 1. The van der Waals surface area contributed by atoms with E-state index in [-0.39, 0.29) is 5.69 Å². The minimum Gasteiger partial charge on any atom is -0.464 e. The molecule has 0 spiro atoms. The molecule has 3 rings (SSSR count). The maximum absolute atomic E-state index is 11.5. The van der Waals surface area contributed by atoms with E-state index >= 15 is 0 Å². The first-order valence-corrected chi connectivity index (χ1v) is 7.06. The van der Waals surface area contributed by atoms with Crippen LogP contribution in [0, 0.1) is 0 Å². The number of carbonyl (C=O) groups is 1. The van der Waals surface area contributed by atoms with Crippen molar-refractivity contribution < 1.29 is 9.53 Å². The van der Waals surface area contributed by atoms with Crippen molar-refractivity contribution in [2.24, 2.45) is 0 Å². The van der Waals surface area contributed by atoms with E-state index in [0.29, 0.717) is 5.82 Å². The molecule has 1 aromatic heterocycles. The number of aromatic nitrogens is 2. The number of rotatable bonds is 3. The van der Waals surface area contributed by atoms with Crippen LogP contribution in [0.5, 0.6) is 0 Å². The van der Waals surface area contributed by atoms with Crippen LogP contribution in [0.3, 0.4) is 0 Å². The predicted molar refractivity (Wildman–Crippen MR) is 79.7 cm³/mol. The summed E-state index contributed by atoms with van der Waals surface area (Å²) in [6.07, 6.45) is 7.65. The fourth-order valence-corrected chi connectivity index (χ4v) is 2.67. The second-order valence-electron chi connectivity index (χ2n) is 5.06. The molecule has 0 radical (unpaired) electrons. The van der Waals surface area contributed by atoms with E-state index in [0.717, 1.165) is 18.5 Å². The van der Waals surface area contributed by atoms with Crippen molar-refractivity contribution in [3.8, 4) is 0 Å². The summed E-state index contributed by atoms with van der Waals surface area (Å²) in [7, 11) is 1.33. The SMILES string of the molecule is COC(=O)c1cncc(Nc2cccc3c2CCCC3)n1. The highest BCUT2D eigenvalue weighted by Crippen LogP contribution is 2.29. The number of anilines is 2. The molecule has 0 bridgehead atoms. The fraction of sp³-hybridized carbons (Fsp3) is 0.312. The van der Waals surface area contributed by atoms with Crippen molar-refractivity contribution in [1.82, 2.24) is 9.97 Å². The summed E-state index contributed by atoms with van der Waals surface area (Å²) < 4.78 is 4.66. The predicted octanol–water partition coefficient (Wildman–Crippen LogP) is 2.89. The number of nitrogens with zero attached hydrogens (tertiary/aromatic N) is 2. The lowest BCUT2D eigenvalue weighted by Gasteiger charge is -2.19. The van der Waals surface area contributed by atoms with Gasteiger partial charge in [0.1, 0.15) is 5.82 Å². The summed E-state index contributed by atoms with van der Waals surface area (Å²) in [6, 6.07) is 6.26. The van der Waals surface area contributed by atoms with Crippen LogP contribution >= 0.6 is 0 Å². The first-order valence-electron chi connectivity index (χ1n) is 7.06. The Balaban J connectivity index is 1.89. The van der Waals surface area contributed by atoms with E-state index < -0.39 is 5.97 Å². The lowest BCUT2D eigenvalue weighted by atomic mass is 9.90. The average Bonchev–Trinajstić information content (AvgIpc) is 2.55. The highest BCUT2D eigenvalue weighted by Gasteiger charge is 2.14. The molecule has 1 aromatic carbocycles. The molecule has 0 amide bonds. The summed E-state index contributed by atoms with van der Waals surface area (Å²) in [5, 5.41) is 3.27. The standard InChI is InChI=1S/C16H17N3O2/c1-21-16(20)14-9-17-10-15(19-14)18-13-8-4-6-11-5-2-3-7-12(11)13/h4,6,8-10H,2-3,5,7H2,1H3,(H,18,19). The second-order valence-corrected chi connectivity index (χ2v) is 5.06. The maximum atomic E-state index is 11.5. The highest BCUT2D eigenvalue weighted by atomic mass is 16.5.